The molecule has 5 nitrogen and oxygen atoms in total. The Bertz CT molecular complexity index is 694. The molecular formula is C18H23F3N4O. The van der Waals surface area contributed by atoms with Gasteiger partial charge in [-0.15, -0.1) is 0 Å². The van der Waals surface area contributed by atoms with E-state index in [0.29, 0.717) is 19.0 Å². The fraction of sp³-hybridized carbons (Fsp3) is 0.389. The van der Waals surface area contributed by atoms with Gasteiger partial charge in [-0.1, -0.05) is 12.1 Å². The highest BCUT2D eigenvalue weighted by molar-refractivity contribution is 5.79. The van der Waals surface area contributed by atoms with Crippen LogP contribution in [0.3, 0.4) is 0 Å². The van der Waals surface area contributed by atoms with Crippen LogP contribution in [-0.2, 0) is 12.7 Å². The average molecular weight is 368 g/mol. The monoisotopic (exact) mass is 368 g/mol. The first-order valence-electron chi connectivity index (χ1n) is 8.11. The molecule has 0 bridgehead atoms. The molecule has 2 N–H and O–H groups in total. The summed E-state index contributed by atoms with van der Waals surface area (Å²) in [5.74, 6) is 1.39. The number of hydrogen-bond acceptors (Lipinski definition) is 3. The Hall–Kier alpha value is -2.48. The number of likely N-dealkylation sites (N-methyl/N-ethyl adjacent to an activating group) is 1. The van der Waals surface area contributed by atoms with Gasteiger partial charge in [0.2, 0.25) is 0 Å². The third-order valence-corrected chi connectivity index (χ3v) is 3.92. The van der Waals surface area contributed by atoms with E-state index in [1.54, 1.807) is 13.3 Å². The summed E-state index contributed by atoms with van der Waals surface area (Å²) in [6.45, 7) is 0.929. The van der Waals surface area contributed by atoms with Crippen molar-refractivity contribution in [1.29, 1.82) is 0 Å². The van der Waals surface area contributed by atoms with E-state index in [2.05, 4.69) is 15.6 Å². The number of guanidine groups is 1. The Morgan fingerprint density at radius 1 is 1.15 bits per heavy atom. The first-order chi connectivity index (χ1) is 12.3. The topological polar surface area (TPSA) is 52.8 Å². The van der Waals surface area contributed by atoms with Gasteiger partial charge in [0.05, 0.1) is 17.9 Å². The summed E-state index contributed by atoms with van der Waals surface area (Å²) in [5.41, 5.74) is 0.0761. The summed E-state index contributed by atoms with van der Waals surface area (Å²) in [6.07, 6.45) is -2.69. The van der Waals surface area contributed by atoms with Gasteiger partial charge in [0.1, 0.15) is 5.76 Å². The molecule has 1 aromatic carbocycles. The normalized spacial score (nSPS) is 13.7. The smallest absolute Gasteiger partial charge is 0.416 e. The molecule has 0 saturated heterocycles. The van der Waals surface area contributed by atoms with Crippen molar-refractivity contribution in [2.45, 2.75) is 18.8 Å². The van der Waals surface area contributed by atoms with Crippen LogP contribution in [0.25, 0.3) is 0 Å². The first-order valence-corrected chi connectivity index (χ1v) is 8.11. The van der Waals surface area contributed by atoms with Gasteiger partial charge in [0.25, 0.3) is 0 Å². The first kappa shape index (κ1) is 19.8. The second kappa shape index (κ2) is 8.75. The number of halogens is 3. The second-order valence-electron chi connectivity index (χ2n) is 6.00. The number of furan rings is 1. The van der Waals surface area contributed by atoms with Gasteiger partial charge in [-0.2, -0.15) is 13.2 Å². The van der Waals surface area contributed by atoms with Gasteiger partial charge in [0, 0.05) is 20.1 Å². The lowest BCUT2D eigenvalue weighted by Gasteiger charge is -2.23. The lowest BCUT2D eigenvalue weighted by Crippen LogP contribution is -2.41. The minimum atomic E-state index is -4.32. The standard InChI is InChI=1S/C18H23F3N4O/c1-22-17(24-12-15(25(2)3)16-5-4-10-26-16)23-11-13-6-8-14(9-7-13)18(19,20)21/h4-10,15H,11-12H2,1-3H3,(H2,22,23,24). The maximum Gasteiger partial charge on any atom is 0.416 e. The Balaban J connectivity index is 1.89. The highest BCUT2D eigenvalue weighted by Gasteiger charge is 2.29. The molecule has 0 saturated carbocycles. The lowest BCUT2D eigenvalue weighted by molar-refractivity contribution is -0.137. The van der Waals surface area contributed by atoms with Crippen LogP contribution < -0.4 is 10.6 Å². The van der Waals surface area contributed by atoms with E-state index in [1.807, 2.05) is 31.1 Å². The summed E-state index contributed by atoms with van der Waals surface area (Å²) < 4.78 is 43.2. The van der Waals surface area contributed by atoms with Crippen LogP contribution in [0.2, 0.25) is 0 Å². The third-order valence-electron chi connectivity index (χ3n) is 3.92. The van der Waals surface area contributed by atoms with Gasteiger partial charge in [0.15, 0.2) is 5.96 Å². The van der Waals surface area contributed by atoms with E-state index in [9.17, 15) is 13.2 Å². The number of nitrogens with one attached hydrogen (secondary N) is 2. The molecule has 1 atom stereocenters. The maximum absolute atomic E-state index is 12.6. The number of aliphatic imine (C=N–C) groups is 1. The van der Waals surface area contributed by atoms with Crippen LogP contribution in [-0.4, -0.2) is 38.5 Å². The summed E-state index contributed by atoms with van der Waals surface area (Å²) in [5, 5.41) is 6.29. The van der Waals surface area contributed by atoms with Gasteiger partial charge in [-0.25, -0.2) is 0 Å². The SMILES string of the molecule is CN=C(NCc1ccc(C(F)(F)F)cc1)NCC(c1ccco1)N(C)C. The summed E-state index contributed by atoms with van der Waals surface area (Å²) in [4.78, 5) is 6.16. The van der Waals surface area contributed by atoms with Crippen molar-refractivity contribution < 1.29 is 17.6 Å². The van der Waals surface area contributed by atoms with Crippen molar-refractivity contribution in [2.24, 2.45) is 4.99 Å². The van der Waals surface area contributed by atoms with E-state index in [0.717, 1.165) is 23.5 Å². The zero-order valence-corrected chi connectivity index (χ0v) is 15.0. The van der Waals surface area contributed by atoms with E-state index in [-0.39, 0.29) is 6.04 Å². The van der Waals surface area contributed by atoms with E-state index in [4.69, 9.17) is 4.42 Å². The van der Waals surface area contributed by atoms with Crippen molar-refractivity contribution in [2.75, 3.05) is 27.7 Å². The molecule has 1 heterocycles. The molecule has 8 heteroatoms. The Kier molecular flexibility index (Phi) is 6.68. The molecule has 2 aromatic rings. The number of hydrogen-bond donors (Lipinski definition) is 2. The zero-order chi connectivity index (χ0) is 19.2. The fourth-order valence-corrected chi connectivity index (χ4v) is 2.43. The van der Waals surface area contributed by atoms with Crippen molar-refractivity contribution in [3.05, 3.63) is 59.5 Å². The highest BCUT2D eigenvalue weighted by atomic mass is 19.4. The molecule has 0 aliphatic rings. The molecule has 0 radical (unpaired) electrons. The van der Waals surface area contributed by atoms with Crippen LogP contribution in [0.15, 0.2) is 52.1 Å². The van der Waals surface area contributed by atoms with Crippen molar-refractivity contribution in [3.63, 3.8) is 0 Å². The predicted octanol–water partition coefficient (Wildman–Crippen LogP) is 3.27. The maximum atomic E-state index is 12.6. The number of nitrogens with zero attached hydrogens (tertiary/aromatic N) is 2. The number of alkyl halides is 3. The summed E-state index contributed by atoms with van der Waals surface area (Å²) in [6, 6.07) is 8.82. The Morgan fingerprint density at radius 2 is 1.85 bits per heavy atom. The Morgan fingerprint density at radius 3 is 2.35 bits per heavy atom. The minimum absolute atomic E-state index is 0.0228. The molecule has 0 amide bonds. The zero-order valence-electron chi connectivity index (χ0n) is 15.0. The fourth-order valence-electron chi connectivity index (χ4n) is 2.43. The predicted molar refractivity (Wildman–Crippen MR) is 94.8 cm³/mol. The molecule has 1 unspecified atom stereocenters. The van der Waals surface area contributed by atoms with E-state index in [1.165, 1.54) is 12.1 Å². The Labute approximate surface area is 150 Å². The molecule has 0 fully saturated rings. The average Bonchev–Trinajstić information content (AvgIpc) is 3.11. The van der Waals surface area contributed by atoms with Crippen molar-refractivity contribution in [3.8, 4) is 0 Å². The minimum Gasteiger partial charge on any atom is -0.468 e. The molecule has 1 aromatic heterocycles. The summed E-state index contributed by atoms with van der Waals surface area (Å²) in [7, 11) is 5.54. The highest BCUT2D eigenvalue weighted by Crippen LogP contribution is 2.29. The van der Waals surface area contributed by atoms with Gasteiger partial charge >= 0.3 is 6.18 Å². The molecule has 0 spiro atoms. The van der Waals surface area contributed by atoms with Crippen LogP contribution in [0, 0.1) is 0 Å². The van der Waals surface area contributed by atoms with E-state index < -0.39 is 11.7 Å². The third kappa shape index (κ3) is 5.52. The van der Waals surface area contributed by atoms with Gasteiger partial charge in [-0.3, -0.25) is 9.89 Å². The van der Waals surface area contributed by atoms with Crippen LogP contribution >= 0.6 is 0 Å². The number of rotatable bonds is 6. The molecule has 2 rings (SSSR count). The largest absolute Gasteiger partial charge is 0.468 e. The molecule has 0 aliphatic heterocycles. The van der Waals surface area contributed by atoms with E-state index >= 15 is 0 Å². The number of benzene rings is 1. The molecule has 142 valence electrons. The lowest BCUT2D eigenvalue weighted by atomic mass is 10.1. The molecular weight excluding hydrogens is 345 g/mol. The van der Waals surface area contributed by atoms with Gasteiger partial charge in [-0.05, 0) is 43.9 Å². The van der Waals surface area contributed by atoms with Crippen molar-refractivity contribution in [1.82, 2.24) is 15.5 Å². The molecule has 0 aliphatic carbocycles. The molecule has 26 heavy (non-hydrogen) atoms. The van der Waals surface area contributed by atoms with Crippen LogP contribution in [0.5, 0.6) is 0 Å². The van der Waals surface area contributed by atoms with Crippen LogP contribution in [0.4, 0.5) is 13.2 Å². The van der Waals surface area contributed by atoms with Gasteiger partial charge < -0.3 is 15.1 Å². The quantitative estimate of drug-likeness (QED) is 0.607. The van der Waals surface area contributed by atoms with Crippen molar-refractivity contribution >= 4 is 5.96 Å². The van der Waals surface area contributed by atoms with Crippen LogP contribution in [0.1, 0.15) is 22.9 Å². The second-order valence-corrected chi connectivity index (χ2v) is 6.00. The summed E-state index contributed by atoms with van der Waals surface area (Å²) >= 11 is 0.